The van der Waals surface area contributed by atoms with E-state index in [2.05, 4.69) is 5.32 Å². The number of imide groups is 1. The van der Waals surface area contributed by atoms with Crippen LogP contribution in [0.2, 0.25) is 0 Å². The summed E-state index contributed by atoms with van der Waals surface area (Å²) >= 11 is 0. The van der Waals surface area contributed by atoms with Crippen LogP contribution in [0.25, 0.3) is 0 Å². The van der Waals surface area contributed by atoms with Gasteiger partial charge in [-0.15, -0.1) is 0 Å². The zero-order valence-corrected chi connectivity index (χ0v) is 38.0. The third-order valence-electron chi connectivity index (χ3n) is 14.1. The maximum absolute atomic E-state index is 16.7. The standard InChI is InChI=1S/C55H52N4O9/c1-34(35-17-7-4-8-18-35)56-54(64)58-42-25-15-14-24-41(42)55(53(58)63)46(51(61)57-28-27-38-31-44(65-2)45(66-3)32-39(38)33-57)48-52(62)68-49(37-21-11-6-12-22-37)47(36-19-9-5-10-20-36)59(48)50(55)40-23-13-16-26-43(40)67-30-29-60/h4-26,31-32,34,46-50,60H,27-30,33H2,1-3H3,(H,56,64). The van der Waals surface area contributed by atoms with Gasteiger partial charge >= 0.3 is 12.0 Å². The first-order valence-corrected chi connectivity index (χ1v) is 22.9. The van der Waals surface area contributed by atoms with Gasteiger partial charge < -0.3 is 34.3 Å². The van der Waals surface area contributed by atoms with Crippen molar-refractivity contribution in [3.63, 3.8) is 0 Å². The number of morpholine rings is 1. The van der Waals surface area contributed by atoms with Crippen molar-refractivity contribution in [2.45, 2.75) is 55.6 Å². The summed E-state index contributed by atoms with van der Waals surface area (Å²) in [6, 6.07) is 42.2. The van der Waals surface area contributed by atoms with E-state index in [0.29, 0.717) is 40.4 Å². The van der Waals surface area contributed by atoms with Crippen LogP contribution in [-0.4, -0.2) is 78.7 Å². The number of benzene rings is 6. The minimum Gasteiger partial charge on any atom is -0.493 e. The number of carbonyl (C=O) groups is 4. The number of ether oxygens (including phenoxy) is 4. The highest BCUT2D eigenvalue weighted by atomic mass is 16.6. The average molecular weight is 913 g/mol. The third-order valence-corrected chi connectivity index (χ3v) is 14.1. The molecule has 0 radical (unpaired) electrons. The molecule has 10 rings (SSSR count). The number of hydrogen-bond acceptors (Lipinski definition) is 10. The highest BCUT2D eigenvalue weighted by molar-refractivity contribution is 6.24. The lowest BCUT2D eigenvalue weighted by Gasteiger charge is -2.46. The number of fused-ring (bicyclic) bond motifs is 4. The van der Waals surface area contributed by atoms with E-state index in [1.54, 1.807) is 55.5 Å². The summed E-state index contributed by atoms with van der Waals surface area (Å²) in [4.78, 5) is 68.5. The van der Waals surface area contributed by atoms with Gasteiger partial charge in [-0.1, -0.05) is 127 Å². The molecule has 2 fully saturated rings. The van der Waals surface area contributed by atoms with Gasteiger partial charge in [0, 0.05) is 18.7 Å². The summed E-state index contributed by atoms with van der Waals surface area (Å²) in [6.45, 7) is 1.89. The molecule has 13 nitrogen and oxygen atoms in total. The number of hydrogen-bond donors (Lipinski definition) is 2. The van der Waals surface area contributed by atoms with Crippen LogP contribution in [0.15, 0.2) is 152 Å². The number of anilines is 1. The van der Waals surface area contributed by atoms with Crippen LogP contribution in [0.3, 0.4) is 0 Å². The molecular weight excluding hydrogens is 861 g/mol. The van der Waals surface area contributed by atoms with Crippen molar-refractivity contribution in [3.8, 4) is 17.2 Å². The number of carbonyl (C=O) groups excluding carboxylic acids is 4. The molecule has 4 heterocycles. The lowest BCUT2D eigenvalue weighted by molar-refractivity contribution is -0.179. The van der Waals surface area contributed by atoms with Crippen LogP contribution in [-0.2, 0) is 37.5 Å². The quantitative estimate of drug-likeness (QED) is 0.124. The fraction of sp³-hybridized carbons (Fsp3) is 0.273. The van der Waals surface area contributed by atoms with Crippen LogP contribution >= 0.6 is 0 Å². The lowest BCUT2D eigenvalue weighted by Crippen LogP contribution is -2.57. The lowest BCUT2D eigenvalue weighted by atomic mass is 9.65. The molecule has 0 saturated carbocycles. The predicted molar refractivity (Wildman–Crippen MR) is 253 cm³/mol. The number of cyclic esters (lactones) is 1. The summed E-state index contributed by atoms with van der Waals surface area (Å²) in [5, 5.41) is 13.2. The number of amides is 4. The van der Waals surface area contributed by atoms with E-state index in [-0.39, 0.29) is 32.0 Å². The van der Waals surface area contributed by atoms with Gasteiger partial charge in [0.1, 0.15) is 29.9 Å². The number of aliphatic hydroxyl groups is 1. The van der Waals surface area contributed by atoms with E-state index >= 15 is 19.2 Å². The molecule has 68 heavy (non-hydrogen) atoms. The maximum Gasteiger partial charge on any atom is 0.329 e. The molecule has 0 aliphatic carbocycles. The van der Waals surface area contributed by atoms with Crippen molar-refractivity contribution in [2.24, 2.45) is 5.92 Å². The Balaban J connectivity index is 1.24. The largest absolute Gasteiger partial charge is 0.493 e. The van der Waals surface area contributed by atoms with Crippen molar-refractivity contribution in [2.75, 3.05) is 38.9 Å². The van der Waals surface area contributed by atoms with Gasteiger partial charge in [0.2, 0.25) is 11.8 Å². The van der Waals surface area contributed by atoms with E-state index in [4.69, 9.17) is 18.9 Å². The average Bonchev–Trinajstić information content (AvgIpc) is 3.84. The summed E-state index contributed by atoms with van der Waals surface area (Å²) < 4.78 is 24.3. The smallest absolute Gasteiger partial charge is 0.329 e. The fourth-order valence-electron chi connectivity index (χ4n) is 11.2. The Morgan fingerprint density at radius 3 is 2.07 bits per heavy atom. The molecule has 13 heteroatoms. The van der Waals surface area contributed by atoms with Crippen LogP contribution in [0.4, 0.5) is 10.5 Å². The number of rotatable bonds is 11. The number of nitrogens with one attached hydrogen (secondary N) is 1. The van der Waals surface area contributed by atoms with Gasteiger partial charge in [0.25, 0.3) is 0 Å². The first-order chi connectivity index (χ1) is 33.2. The summed E-state index contributed by atoms with van der Waals surface area (Å²) in [7, 11) is 3.13. The molecule has 0 aromatic heterocycles. The molecule has 7 atom stereocenters. The molecule has 4 amide bonds. The minimum absolute atomic E-state index is 0.0722. The van der Waals surface area contributed by atoms with Gasteiger partial charge in [0.15, 0.2) is 11.5 Å². The number of methoxy groups -OCH3 is 2. The van der Waals surface area contributed by atoms with Gasteiger partial charge in [-0.25, -0.2) is 9.69 Å². The van der Waals surface area contributed by atoms with Gasteiger partial charge in [0.05, 0.1) is 50.6 Å². The number of aliphatic hydroxyl groups excluding tert-OH is 1. The Morgan fingerprint density at radius 2 is 1.38 bits per heavy atom. The van der Waals surface area contributed by atoms with E-state index < -0.39 is 65.4 Å². The van der Waals surface area contributed by atoms with E-state index in [1.165, 1.54) is 0 Å². The molecule has 6 aromatic rings. The second-order valence-corrected chi connectivity index (χ2v) is 17.6. The van der Waals surface area contributed by atoms with Crippen molar-refractivity contribution in [1.29, 1.82) is 0 Å². The van der Waals surface area contributed by atoms with E-state index in [9.17, 15) is 5.11 Å². The maximum atomic E-state index is 16.7. The molecule has 346 valence electrons. The van der Waals surface area contributed by atoms with Gasteiger partial charge in [-0.2, -0.15) is 0 Å². The highest BCUT2D eigenvalue weighted by Gasteiger charge is 2.76. The topological polar surface area (TPSA) is 147 Å². The molecule has 0 bridgehead atoms. The fourth-order valence-corrected chi connectivity index (χ4v) is 11.2. The zero-order valence-electron chi connectivity index (χ0n) is 38.0. The van der Waals surface area contributed by atoms with Gasteiger partial charge in [-0.05, 0) is 71.0 Å². The monoisotopic (exact) mass is 912 g/mol. The van der Waals surface area contributed by atoms with Crippen LogP contribution in [0.5, 0.6) is 17.2 Å². The Bertz CT molecular complexity index is 2860. The van der Waals surface area contributed by atoms with Crippen molar-refractivity contribution in [3.05, 3.63) is 191 Å². The molecule has 1 spiro atoms. The number of esters is 1. The molecule has 6 aromatic carbocycles. The summed E-state index contributed by atoms with van der Waals surface area (Å²) in [6.07, 6.45) is -0.441. The number of para-hydroxylation sites is 2. The Kier molecular flexibility index (Phi) is 11.9. The van der Waals surface area contributed by atoms with Crippen molar-refractivity contribution in [1.82, 2.24) is 15.1 Å². The number of urea groups is 1. The second kappa shape index (κ2) is 18.3. The van der Waals surface area contributed by atoms with Crippen molar-refractivity contribution >= 4 is 29.5 Å². The Morgan fingerprint density at radius 1 is 0.765 bits per heavy atom. The SMILES string of the molecule is COc1cc2c(cc1OC)CN(C(=O)C1C3C(=O)OC(c4ccccc4)C(c4ccccc4)N3C(c3ccccc3OCCO)C13C(=O)N(C(=O)NC(C)c1ccccc1)c1ccccc13)CC2. The zero-order chi connectivity index (χ0) is 47.1. The van der Waals surface area contributed by atoms with Crippen LogP contribution in [0.1, 0.15) is 70.1 Å². The summed E-state index contributed by atoms with van der Waals surface area (Å²) in [5.41, 5.74) is 3.36. The molecule has 4 aliphatic heterocycles. The third kappa shape index (κ3) is 7.24. The molecule has 2 N–H and O–H groups in total. The van der Waals surface area contributed by atoms with Crippen LogP contribution < -0.4 is 24.4 Å². The minimum atomic E-state index is -1.96. The Labute approximate surface area is 394 Å². The normalized spacial score (nSPS) is 23.3. The highest BCUT2D eigenvalue weighted by Crippen LogP contribution is 2.67. The Hall–Kier alpha value is -7.48. The molecular formula is C55H52N4O9. The molecule has 4 aliphatic rings. The first kappa shape index (κ1) is 44.4. The second-order valence-electron chi connectivity index (χ2n) is 17.6. The molecule has 2 saturated heterocycles. The predicted octanol–water partition coefficient (Wildman–Crippen LogP) is 7.80. The molecule has 7 unspecified atom stereocenters. The number of nitrogens with zero attached hydrogens (tertiary/aromatic N) is 3. The summed E-state index contributed by atoms with van der Waals surface area (Å²) in [5.74, 6) is -1.85. The van der Waals surface area contributed by atoms with Gasteiger partial charge in [-0.3, -0.25) is 19.3 Å². The van der Waals surface area contributed by atoms with E-state index in [1.807, 2.05) is 127 Å². The van der Waals surface area contributed by atoms with Crippen molar-refractivity contribution < 1.29 is 43.2 Å². The van der Waals surface area contributed by atoms with Crippen LogP contribution in [0, 0.1) is 5.92 Å². The first-order valence-electron chi connectivity index (χ1n) is 22.9. The van der Waals surface area contributed by atoms with E-state index in [0.717, 1.165) is 27.2 Å².